The van der Waals surface area contributed by atoms with Gasteiger partial charge in [-0.2, -0.15) is 0 Å². The Balaban J connectivity index is 1.05. The van der Waals surface area contributed by atoms with Crippen LogP contribution in [0, 0.1) is 0 Å². The molecule has 40 heavy (non-hydrogen) atoms. The third-order valence-corrected chi connectivity index (χ3v) is 10.6. The maximum absolute atomic E-state index is 14.6. The monoisotopic (exact) mass is 564 g/mol. The zero-order valence-corrected chi connectivity index (χ0v) is 23.8. The first kappa shape index (κ1) is 25.6. The van der Waals surface area contributed by atoms with Gasteiger partial charge < -0.3 is 0 Å². The largest absolute Gasteiger partial charge is 0.242 e. The molecule has 4 aromatic carbocycles. The molecule has 2 aromatic heterocycles. The zero-order chi connectivity index (χ0) is 27.1. The van der Waals surface area contributed by atoms with Crippen molar-refractivity contribution >= 4 is 42.8 Å². The topological polar surface area (TPSA) is 0 Å². The SMILES string of the molecule is FC(CCCc1cc2ccc3c(c2s1)-c1ccc2cc(CCCC(F)c4ccccc4)sc2c1-3)c1ccccc1. The van der Waals surface area contributed by atoms with Crippen LogP contribution in [0.25, 0.3) is 42.4 Å². The molecule has 7 rings (SSSR count). The van der Waals surface area contributed by atoms with Crippen molar-refractivity contribution < 1.29 is 8.78 Å². The van der Waals surface area contributed by atoms with Crippen LogP contribution in [-0.2, 0) is 12.8 Å². The van der Waals surface area contributed by atoms with Gasteiger partial charge >= 0.3 is 0 Å². The van der Waals surface area contributed by atoms with Gasteiger partial charge in [0.15, 0.2) is 0 Å². The Bertz CT molecular complexity index is 1630. The summed E-state index contributed by atoms with van der Waals surface area (Å²) >= 11 is 3.74. The lowest BCUT2D eigenvalue weighted by molar-refractivity contribution is 0.317. The van der Waals surface area contributed by atoms with E-state index in [2.05, 4.69) is 36.4 Å². The van der Waals surface area contributed by atoms with Crippen LogP contribution in [0.2, 0.25) is 0 Å². The lowest BCUT2D eigenvalue weighted by atomic mass is 9.79. The predicted molar refractivity (Wildman–Crippen MR) is 168 cm³/mol. The van der Waals surface area contributed by atoms with Gasteiger partial charge in [0.25, 0.3) is 0 Å². The Kier molecular flexibility index (Phi) is 6.99. The molecule has 2 atom stereocenters. The summed E-state index contributed by atoms with van der Waals surface area (Å²) in [6.07, 6.45) is 2.81. The Morgan fingerprint density at radius 2 is 0.950 bits per heavy atom. The summed E-state index contributed by atoms with van der Waals surface area (Å²) in [5.41, 5.74) is 6.98. The minimum Gasteiger partial charge on any atom is -0.242 e. The fourth-order valence-electron chi connectivity index (χ4n) is 6.02. The molecule has 6 aromatic rings. The summed E-state index contributed by atoms with van der Waals surface area (Å²) < 4.78 is 32.0. The molecule has 0 spiro atoms. The molecule has 0 saturated heterocycles. The Hall–Kier alpha value is -3.34. The van der Waals surface area contributed by atoms with E-state index in [0.29, 0.717) is 12.8 Å². The molecule has 0 bridgehead atoms. The van der Waals surface area contributed by atoms with Gasteiger partial charge in [0.2, 0.25) is 0 Å². The van der Waals surface area contributed by atoms with Gasteiger partial charge in [0.1, 0.15) is 12.3 Å². The number of halogens is 2. The van der Waals surface area contributed by atoms with Crippen LogP contribution in [0.1, 0.15) is 58.9 Å². The minimum absolute atomic E-state index is 0.552. The van der Waals surface area contributed by atoms with E-state index < -0.39 is 12.3 Å². The third-order valence-electron chi connectivity index (χ3n) is 8.10. The normalized spacial score (nSPS) is 13.7. The second kappa shape index (κ2) is 10.9. The number of benzene rings is 4. The van der Waals surface area contributed by atoms with E-state index >= 15 is 0 Å². The summed E-state index contributed by atoms with van der Waals surface area (Å²) in [5.74, 6) is 0. The first-order chi connectivity index (χ1) is 19.7. The number of fused-ring (bicyclic) bond motifs is 8. The average Bonchev–Trinajstić information content (AvgIpc) is 3.58. The van der Waals surface area contributed by atoms with E-state index in [1.807, 2.05) is 83.3 Å². The van der Waals surface area contributed by atoms with E-state index in [1.54, 1.807) is 0 Å². The van der Waals surface area contributed by atoms with Gasteiger partial charge in [-0.3, -0.25) is 0 Å². The molecule has 2 unspecified atom stereocenters. The number of thiophene rings is 2. The van der Waals surface area contributed by atoms with Crippen molar-refractivity contribution in [3.8, 4) is 22.3 Å². The van der Waals surface area contributed by atoms with Crippen LogP contribution in [0.3, 0.4) is 0 Å². The molecular weight excluding hydrogens is 535 g/mol. The van der Waals surface area contributed by atoms with Gasteiger partial charge in [0.05, 0.1) is 0 Å². The van der Waals surface area contributed by atoms with Crippen molar-refractivity contribution in [1.29, 1.82) is 0 Å². The first-order valence-electron chi connectivity index (χ1n) is 14.2. The summed E-state index contributed by atoms with van der Waals surface area (Å²) in [5, 5.41) is 2.57. The van der Waals surface area contributed by atoms with Crippen LogP contribution in [0.15, 0.2) is 97.1 Å². The van der Waals surface area contributed by atoms with Crippen molar-refractivity contribution in [3.63, 3.8) is 0 Å². The summed E-state index contributed by atoms with van der Waals surface area (Å²) in [6, 6.07) is 32.6. The maximum Gasteiger partial charge on any atom is 0.125 e. The third kappa shape index (κ3) is 4.78. The lowest BCUT2D eigenvalue weighted by Crippen LogP contribution is -1.98. The van der Waals surface area contributed by atoms with E-state index in [-0.39, 0.29) is 0 Å². The van der Waals surface area contributed by atoms with Gasteiger partial charge in [0, 0.05) is 30.3 Å². The van der Waals surface area contributed by atoms with Gasteiger partial charge in [-0.1, -0.05) is 84.9 Å². The smallest absolute Gasteiger partial charge is 0.125 e. The summed E-state index contributed by atoms with van der Waals surface area (Å²) in [4.78, 5) is 2.66. The van der Waals surface area contributed by atoms with Crippen LogP contribution >= 0.6 is 22.7 Å². The van der Waals surface area contributed by atoms with Crippen molar-refractivity contribution in [2.75, 3.05) is 0 Å². The highest BCUT2D eigenvalue weighted by Gasteiger charge is 2.28. The van der Waals surface area contributed by atoms with Crippen molar-refractivity contribution in [2.45, 2.75) is 50.9 Å². The number of hydrogen-bond donors (Lipinski definition) is 0. The fraction of sp³-hybridized carbons (Fsp3) is 0.222. The van der Waals surface area contributed by atoms with Crippen molar-refractivity contribution in [3.05, 3.63) is 118 Å². The molecule has 4 heteroatoms. The molecule has 0 saturated carbocycles. The van der Waals surface area contributed by atoms with Crippen LogP contribution in [0.5, 0.6) is 0 Å². The Labute approximate surface area is 241 Å². The molecule has 1 aliphatic carbocycles. The number of aryl methyl sites for hydroxylation is 2. The average molecular weight is 565 g/mol. The zero-order valence-electron chi connectivity index (χ0n) is 22.2. The first-order valence-corrected chi connectivity index (χ1v) is 15.8. The quantitative estimate of drug-likeness (QED) is 0.155. The van der Waals surface area contributed by atoms with Crippen molar-refractivity contribution in [2.24, 2.45) is 0 Å². The maximum atomic E-state index is 14.6. The molecule has 0 N–H and O–H groups in total. The molecule has 0 amide bonds. The highest BCUT2D eigenvalue weighted by molar-refractivity contribution is 7.20. The molecule has 0 aliphatic heterocycles. The van der Waals surface area contributed by atoms with Crippen LogP contribution in [-0.4, -0.2) is 0 Å². The number of rotatable bonds is 10. The van der Waals surface area contributed by atoms with Crippen LogP contribution < -0.4 is 0 Å². The fourth-order valence-corrected chi connectivity index (χ4v) is 8.54. The standard InChI is InChI=1S/C36H30F2S2/c37-31(23-9-3-1-4-10-23)15-7-13-27-21-25-17-19-29-33(35(25)39-27)30-20-18-26-22-28(40-36(26)34(29)30)14-8-16-32(38)24-11-5-2-6-12-24/h1-6,9-12,17-22,31-32H,7-8,13-16H2. The predicted octanol–water partition coefficient (Wildman–Crippen LogP) is 11.8. The van der Waals surface area contributed by atoms with E-state index in [9.17, 15) is 8.78 Å². The van der Waals surface area contributed by atoms with E-state index in [4.69, 9.17) is 0 Å². The molecule has 0 fully saturated rings. The second-order valence-electron chi connectivity index (χ2n) is 10.8. The Morgan fingerprint density at radius 3 is 1.38 bits per heavy atom. The highest BCUT2D eigenvalue weighted by atomic mass is 32.1. The molecule has 200 valence electrons. The Morgan fingerprint density at radius 1 is 0.525 bits per heavy atom. The number of hydrogen-bond acceptors (Lipinski definition) is 2. The second-order valence-corrected chi connectivity index (χ2v) is 13.1. The highest BCUT2D eigenvalue weighted by Crippen LogP contribution is 2.56. The molecule has 0 radical (unpaired) electrons. The van der Waals surface area contributed by atoms with Crippen LogP contribution in [0.4, 0.5) is 8.78 Å². The minimum atomic E-state index is -0.899. The van der Waals surface area contributed by atoms with Gasteiger partial charge in [-0.25, -0.2) is 8.78 Å². The molecule has 1 aliphatic rings. The van der Waals surface area contributed by atoms with Gasteiger partial charge in [-0.05, 0) is 83.7 Å². The van der Waals surface area contributed by atoms with Gasteiger partial charge in [-0.15, -0.1) is 22.7 Å². The van der Waals surface area contributed by atoms with E-state index in [0.717, 1.165) is 36.8 Å². The molecular formula is C36H30F2S2. The van der Waals surface area contributed by atoms with E-state index in [1.165, 1.54) is 52.2 Å². The van der Waals surface area contributed by atoms with Crippen molar-refractivity contribution in [1.82, 2.24) is 0 Å². The summed E-state index contributed by atoms with van der Waals surface area (Å²) in [6.45, 7) is 0. The molecule has 0 nitrogen and oxygen atoms in total. The lowest BCUT2D eigenvalue weighted by Gasteiger charge is -2.25. The number of alkyl halides is 2. The summed E-state index contributed by atoms with van der Waals surface area (Å²) in [7, 11) is 0. The molecule has 2 heterocycles.